The van der Waals surface area contributed by atoms with Crippen LogP contribution >= 0.6 is 34.5 Å². The highest BCUT2D eigenvalue weighted by Crippen LogP contribution is 2.37. The topological polar surface area (TPSA) is 77.2 Å². The summed E-state index contributed by atoms with van der Waals surface area (Å²) in [5.41, 5.74) is 0.960. The molecule has 0 unspecified atom stereocenters. The molecule has 0 atom stereocenters. The molecule has 2 aromatic heterocycles. The second-order valence-electron chi connectivity index (χ2n) is 5.69. The van der Waals surface area contributed by atoms with E-state index >= 15 is 0 Å². The molecular formula is C18H17Cl2N3O3S. The summed E-state index contributed by atoms with van der Waals surface area (Å²) in [6.07, 6.45) is 3.21. The van der Waals surface area contributed by atoms with Crippen LogP contribution in [0.2, 0.25) is 8.67 Å². The molecule has 3 rings (SSSR count). The third-order valence-corrected chi connectivity index (χ3v) is 5.13. The monoisotopic (exact) mass is 425 g/mol. The fourth-order valence-corrected chi connectivity index (χ4v) is 3.76. The number of halogens is 2. The van der Waals surface area contributed by atoms with E-state index in [9.17, 15) is 4.79 Å². The van der Waals surface area contributed by atoms with Crippen LogP contribution in [-0.2, 0) is 0 Å². The maximum atomic E-state index is 12.4. The Kier molecular flexibility index (Phi) is 6.71. The maximum absolute atomic E-state index is 12.4. The largest absolute Gasteiger partial charge is 0.494 e. The first-order chi connectivity index (χ1) is 13.1. The van der Waals surface area contributed by atoms with Gasteiger partial charge in [0.15, 0.2) is 0 Å². The smallest absolute Gasteiger partial charge is 0.322 e. The Morgan fingerprint density at radius 3 is 2.85 bits per heavy atom. The van der Waals surface area contributed by atoms with Crippen LogP contribution in [0.15, 0.2) is 34.7 Å². The van der Waals surface area contributed by atoms with Crippen LogP contribution in [0.1, 0.15) is 36.5 Å². The van der Waals surface area contributed by atoms with Crippen molar-refractivity contribution in [3.8, 4) is 17.2 Å². The van der Waals surface area contributed by atoms with E-state index in [-0.39, 0.29) is 17.8 Å². The molecule has 6 nitrogen and oxygen atoms in total. The van der Waals surface area contributed by atoms with Crippen molar-refractivity contribution < 1.29 is 13.9 Å². The molecule has 0 radical (unpaired) electrons. The molecule has 0 fully saturated rings. The van der Waals surface area contributed by atoms with Crippen molar-refractivity contribution in [2.45, 2.75) is 26.2 Å². The lowest BCUT2D eigenvalue weighted by Crippen LogP contribution is -2.12. The van der Waals surface area contributed by atoms with Crippen LogP contribution in [0.25, 0.3) is 11.5 Å². The molecule has 0 aliphatic heterocycles. The first-order valence-corrected chi connectivity index (χ1v) is 9.97. The lowest BCUT2D eigenvalue weighted by atomic mass is 10.2. The van der Waals surface area contributed by atoms with Gasteiger partial charge in [-0.3, -0.25) is 10.1 Å². The third-order valence-electron chi connectivity index (χ3n) is 3.65. The number of carbonyl (C=O) groups is 1. The third kappa shape index (κ3) is 5.22. The summed E-state index contributed by atoms with van der Waals surface area (Å²) in [5, 5.41) is 10.3. The van der Waals surface area contributed by atoms with Crippen molar-refractivity contribution >= 4 is 46.5 Å². The van der Waals surface area contributed by atoms with Crippen molar-refractivity contribution in [3.63, 3.8) is 0 Å². The van der Waals surface area contributed by atoms with E-state index in [1.54, 1.807) is 24.3 Å². The zero-order valence-electron chi connectivity index (χ0n) is 14.5. The average molecular weight is 426 g/mol. The van der Waals surface area contributed by atoms with Gasteiger partial charge >= 0.3 is 6.01 Å². The van der Waals surface area contributed by atoms with Gasteiger partial charge in [0.25, 0.3) is 11.8 Å². The quantitative estimate of drug-likeness (QED) is 0.452. The van der Waals surface area contributed by atoms with Crippen molar-refractivity contribution in [2.75, 3.05) is 11.9 Å². The van der Waals surface area contributed by atoms with Crippen molar-refractivity contribution in [1.29, 1.82) is 0 Å². The number of hydrogen-bond acceptors (Lipinski definition) is 6. The number of benzene rings is 1. The van der Waals surface area contributed by atoms with Crippen LogP contribution in [0.5, 0.6) is 5.75 Å². The second-order valence-corrected chi connectivity index (χ2v) is 7.97. The summed E-state index contributed by atoms with van der Waals surface area (Å²) in [6, 6.07) is 8.54. The minimum atomic E-state index is -0.376. The van der Waals surface area contributed by atoms with Gasteiger partial charge in [0.2, 0.25) is 0 Å². The second kappa shape index (κ2) is 9.21. The Labute approximate surface area is 170 Å². The van der Waals surface area contributed by atoms with E-state index in [0.29, 0.717) is 32.2 Å². The minimum absolute atomic E-state index is 0.0253. The zero-order valence-corrected chi connectivity index (χ0v) is 16.8. The Morgan fingerprint density at radius 1 is 1.26 bits per heavy atom. The summed E-state index contributed by atoms with van der Waals surface area (Å²) in [5.74, 6) is 0.454. The first-order valence-electron chi connectivity index (χ1n) is 8.39. The van der Waals surface area contributed by atoms with E-state index in [1.807, 2.05) is 6.07 Å². The number of thiophene rings is 1. The molecule has 0 bridgehead atoms. The summed E-state index contributed by atoms with van der Waals surface area (Å²) >= 11 is 13.2. The number of nitrogens with zero attached hydrogens (tertiary/aromatic N) is 2. The highest BCUT2D eigenvalue weighted by Gasteiger charge is 2.17. The summed E-state index contributed by atoms with van der Waals surface area (Å²) in [6.45, 7) is 2.75. The van der Waals surface area contributed by atoms with E-state index in [2.05, 4.69) is 22.4 Å². The number of unbranched alkanes of at least 4 members (excludes halogenated alkanes) is 2. The van der Waals surface area contributed by atoms with E-state index in [4.69, 9.17) is 32.4 Å². The Balaban J connectivity index is 1.65. The molecule has 142 valence electrons. The van der Waals surface area contributed by atoms with Gasteiger partial charge in [-0.2, -0.15) is 0 Å². The number of aromatic nitrogens is 2. The lowest BCUT2D eigenvalue weighted by molar-refractivity contribution is 0.102. The number of ether oxygens (including phenoxy) is 1. The standard InChI is InChI=1S/C18H17Cl2N3O3S/c1-2-3-4-8-25-12-7-5-6-11(9-12)16(24)21-18-23-22-17(26-18)13-10-14(19)27-15(13)20/h5-7,9-10H,2-4,8H2,1H3,(H,21,23,24). The number of hydrogen-bond donors (Lipinski definition) is 1. The molecule has 3 aromatic rings. The van der Waals surface area contributed by atoms with Crippen LogP contribution in [0, 0.1) is 0 Å². The Hall–Kier alpha value is -2.09. The molecule has 0 saturated heterocycles. The molecule has 9 heteroatoms. The first kappa shape index (κ1) is 19.7. The zero-order chi connectivity index (χ0) is 19.2. The van der Waals surface area contributed by atoms with Gasteiger partial charge in [-0.15, -0.1) is 16.4 Å². The number of amides is 1. The highest BCUT2D eigenvalue weighted by molar-refractivity contribution is 7.20. The van der Waals surface area contributed by atoms with Crippen LogP contribution in [0.4, 0.5) is 6.01 Å². The maximum Gasteiger partial charge on any atom is 0.322 e. The predicted octanol–water partition coefficient (Wildman–Crippen LogP) is 5.93. The SMILES string of the molecule is CCCCCOc1cccc(C(=O)Nc2nnc(-c3cc(Cl)sc3Cl)o2)c1. The molecule has 1 N–H and O–H groups in total. The number of carbonyl (C=O) groups excluding carboxylic acids is 1. The molecule has 2 heterocycles. The van der Waals surface area contributed by atoms with Gasteiger partial charge in [0.05, 0.1) is 16.5 Å². The molecule has 27 heavy (non-hydrogen) atoms. The predicted molar refractivity (Wildman–Crippen MR) is 107 cm³/mol. The fraction of sp³-hybridized carbons (Fsp3) is 0.278. The van der Waals surface area contributed by atoms with Gasteiger partial charge in [0.1, 0.15) is 10.1 Å². The molecule has 0 aliphatic carbocycles. The van der Waals surface area contributed by atoms with E-state index < -0.39 is 0 Å². The van der Waals surface area contributed by atoms with Crippen molar-refractivity contribution in [3.05, 3.63) is 44.6 Å². The molecular weight excluding hydrogens is 409 g/mol. The highest BCUT2D eigenvalue weighted by atomic mass is 35.5. The average Bonchev–Trinajstić information content (AvgIpc) is 3.24. The fourth-order valence-electron chi connectivity index (χ4n) is 2.31. The number of anilines is 1. The van der Waals surface area contributed by atoms with Gasteiger partial charge in [-0.05, 0) is 30.7 Å². The minimum Gasteiger partial charge on any atom is -0.494 e. The number of nitrogens with one attached hydrogen (secondary N) is 1. The van der Waals surface area contributed by atoms with Crippen LogP contribution in [-0.4, -0.2) is 22.7 Å². The van der Waals surface area contributed by atoms with Crippen LogP contribution in [0.3, 0.4) is 0 Å². The van der Waals surface area contributed by atoms with Gasteiger partial charge in [0, 0.05) is 5.56 Å². The summed E-state index contributed by atoms with van der Waals surface area (Å²) in [4.78, 5) is 12.4. The normalized spacial score (nSPS) is 10.8. The molecule has 1 amide bonds. The molecule has 1 aromatic carbocycles. The van der Waals surface area contributed by atoms with Crippen molar-refractivity contribution in [1.82, 2.24) is 10.2 Å². The van der Waals surface area contributed by atoms with Crippen molar-refractivity contribution in [2.24, 2.45) is 0 Å². The van der Waals surface area contributed by atoms with Gasteiger partial charge < -0.3 is 9.15 Å². The summed E-state index contributed by atoms with van der Waals surface area (Å²) in [7, 11) is 0. The summed E-state index contributed by atoms with van der Waals surface area (Å²) < 4.78 is 12.1. The molecule has 0 spiro atoms. The molecule has 0 aliphatic rings. The number of rotatable bonds is 8. The van der Waals surface area contributed by atoms with Crippen LogP contribution < -0.4 is 10.1 Å². The Bertz CT molecular complexity index is 926. The van der Waals surface area contributed by atoms with E-state index in [0.717, 1.165) is 19.3 Å². The Morgan fingerprint density at radius 2 is 2.11 bits per heavy atom. The lowest BCUT2D eigenvalue weighted by Gasteiger charge is -2.07. The van der Waals surface area contributed by atoms with Gasteiger partial charge in [-0.25, -0.2) is 0 Å². The van der Waals surface area contributed by atoms with Gasteiger partial charge in [-0.1, -0.05) is 54.1 Å². The van der Waals surface area contributed by atoms with E-state index in [1.165, 1.54) is 11.3 Å². The molecule has 0 saturated carbocycles.